The number of thiazole rings is 1. The standard InChI is InChI=1S/C17H24N2O3S/c1-12(18-10-17(21)16-11-23-13(2)19-16)9-14-3-5-15(6-4-14)22-8-7-20/h3-6,11-12,17-18,20-21H,7-10H2,1-2H3. The van der Waals surface area contributed by atoms with E-state index < -0.39 is 6.10 Å². The molecule has 23 heavy (non-hydrogen) atoms. The number of nitrogens with one attached hydrogen (secondary N) is 1. The van der Waals surface area contributed by atoms with E-state index in [9.17, 15) is 5.11 Å². The molecule has 0 aliphatic carbocycles. The number of ether oxygens (including phenoxy) is 1. The van der Waals surface area contributed by atoms with Gasteiger partial charge in [-0.05, 0) is 38.0 Å². The molecule has 0 radical (unpaired) electrons. The van der Waals surface area contributed by atoms with Gasteiger partial charge in [0.1, 0.15) is 18.5 Å². The Morgan fingerprint density at radius 1 is 1.30 bits per heavy atom. The maximum atomic E-state index is 10.1. The molecule has 0 amide bonds. The van der Waals surface area contributed by atoms with Gasteiger partial charge in [-0.3, -0.25) is 0 Å². The molecular formula is C17H24N2O3S. The summed E-state index contributed by atoms with van der Waals surface area (Å²) in [7, 11) is 0. The lowest BCUT2D eigenvalue weighted by Crippen LogP contribution is -2.32. The first-order valence-corrected chi connectivity index (χ1v) is 8.62. The summed E-state index contributed by atoms with van der Waals surface area (Å²) in [5.74, 6) is 0.762. The van der Waals surface area contributed by atoms with Crippen molar-refractivity contribution in [2.24, 2.45) is 0 Å². The van der Waals surface area contributed by atoms with Crippen LogP contribution in [-0.4, -0.2) is 41.0 Å². The number of aliphatic hydroxyl groups excluding tert-OH is 2. The van der Waals surface area contributed by atoms with Gasteiger partial charge in [0.2, 0.25) is 0 Å². The van der Waals surface area contributed by atoms with Crippen LogP contribution in [0.5, 0.6) is 5.75 Å². The van der Waals surface area contributed by atoms with Crippen LogP contribution in [0, 0.1) is 6.92 Å². The number of aliphatic hydroxyl groups is 2. The summed E-state index contributed by atoms with van der Waals surface area (Å²) in [5, 5.41) is 25.0. The molecule has 1 aromatic heterocycles. The largest absolute Gasteiger partial charge is 0.491 e. The van der Waals surface area contributed by atoms with E-state index in [1.54, 1.807) is 11.3 Å². The number of nitrogens with zero attached hydrogens (tertiary/aromatic N) is 1. The minimum atomic E-state index is -0.573. The molecule has 1 heterocycles. The third kappa shape index (κ3) is 5.91. The van der Waals surface area contributed by atoms with Crippen LogP contribution in [0.3, 0.4) is 0 Å². The molecule has 0 bridgehead atoms. The van der Waals surface area contributed by atoms with Crippen molar-refractivity contribution in [1.82, 2.24) is 10.3 Å². The first-order valence-electron chi connectivity index (χ1n) is 7.74. The molecule has 0 aliphatic heterocycles. The molecule has 2 unspecified atom stereocenters. The Morgan fingerprint density at radius 2 is 2.04 bits per heavy atom. The van der Waals surface area contributed by atoms with Crippen LogP contribution < -0.4 is 10.1 Å². The predicted octanol–water partition coefficient (Wildman–Crippen LogP) is 2.08. The molecule has 0 fully saturated rings. The van der Waals surface area contributed by atoms with E-state index in [-0.39, 0.29) is 12.6 Å². The van der Waals surface area contributed by atoms with Gasteiger partial charge in [-0.15, -0.1) is 11.3 Å². The van der Waals surface area contributed by atoms with Gasteiger partial charge in [-0.2, -0.15) is 0 Å². The van der Waals surface area contributed by atoms with Crippen LogP contribution in [0.25, 0.3) is 0 Å². The number of aryl methyl sites for hydroxylation is 1. The van der Waals surface area contributed by atoms with Crippen LogP contribution >= 0.6 is 11.3 Å². The fourth-order valence-electron chi connectivity index (χ4n) is 2.26. The van der Waals surface area contributed by atoms with E-state index in [1.807, 2.05) is 36.6 Å². The fourth-order valence-corrected chi connectivity index (χ4v) is 2.92. The SMILES string of the molecule is Cc1nc(C(O)CNC(C)Cc2ccc(OCCO)cc2)cs1. The first kappa shape index (κ1) is 17.9. The third-order valence-electron chi connectivity index (χ3n) is 3.46. The Bertz CT molecular complexity index is 586. The van der Waals surface area contributed by atoms with Crippen LogP contribution in [-0.2, 0) is 6.42 Å². The molecule has 1 aromatic carbocycles. The van der Waals surface area contributed by atoms with Crippen LogP contribution in [0.2, 0.25) is 0 Å². The predicted molar refractivity (Wildman–Crippen MR) is 92.0 cm³/mol. The lowest BCUT2D eigenvalue weighted by atomic mass is 10.1. The van der Waals surface area contributed by atoms with Gasteiger partial charge < -0.3 is 20.3 Å². The zero-order chi connectivity index (χ0) is 16.7. The summed E-state index contributed by atoms with van der Waals surface area (Å²) in [4.78, 5) is 4.30. The van der Waals surface area contributed by atoms with Gasteiger partial charge in [0.05, 0.1) is 17.3 Å². The Hall–Kier alpha value is -1.47. The fraction of sp³-hybridized carbons (Fsp3) is 0.471. The van der Waals surface area contributed by atoms with E-state index in [0.29, 0.717) is 13.2 Å². The topological polar surface area (TPSA) is 74.6 Å². The molecule has 3 N–H and O–H groups in total. The van der Waals surface area contributed by atoms with Gasteiger partial charge in [-0.25, -0.2) is 4.98 Å². The summed E-state index contributed by atoms with van der Waals surface area (Å²) in [6.07, 6.45) is 0.292. The van der Waals surface area contributed by atoms with Crippen molar-refractivity contribution in [1.29, 1.82) is 0 Å². The summed E-state index contributed by atoms with van der Waals surface area (Å²) in [6, 6.07) is 8.10. The smallest absolute Gasteiger partial charge is 0.119 e. The zero-order valence-corrected chi connectivity index (χ0v) is 14.3. The first-order chi connectivity index (χ1) is 11.1. The zero-order valence-electron chi connectivity index (χ0n) is 13.5. The molecule has 0 saturated carbocycles. The van der Waals surface area contributed by atoms with Crippen molar-refractivity contribution >= 4 is 11.3 Å². The molecule has 2 atom stereocenters. The Balaban J connectivity index is 1.76. The summed E-state index contributed by atoms with van der Waals surface area (Å²) in [6.45, 7) is 4.84. The second-order valence-corrected chi connectivity index (χ2v) is 6.60. The van der Waals surface area contributed by atoms with E-state index >= 15 is 0 Å². The van der Waals surface area contributed by atoms with E-state index in [1.165, 1.54) is 5.56 Å². The van der Waals surface area contributed by atoms with E-state index in [0.717, 1.165) is 22.9 Å². The second kappa shape index (κ2) is 8.98. The number of aromatic nitrogens is 1. The molecule has 2 rings (SSSR count). The number of rotatable bonds is 9. The van der Waals surface area contributed by atoms with E-state index in [4.69, 9.17) is 9.84 Å². The molecular weight excluding hydrogens is 312 g/mol. The Morgan fingerprint density at radius 3 is 2.65 bits per heavy atom. The van der Waals surface area contributed by atoms with E-state index in [2.05, 4.69) is 17.2 Å². The maximum Gasteiger partial charge on any atom is 0.119 e. The number of benzene rings is 1. The van der Waals surface area contributed by atoms with Crippen molar-refractivity contribution in [3.8, 4) is 5.75 Å². The van der Waals surface area contributed by atoms with Crippen LogP contribution in [0.4, 0.5) is 0 Å². The van der Waals surface area contributed by atoms with Crippen molar-refractivity contribution in [2.45, 2.75) is 32.4 Å². The molecule has 5 nitrogen and oxygen atoms in total. The van der Waals surface area contributed by atoms with Crippen LogP contribution in [0.15, 0.2) is 29.6 Å². The minimum absolute atomic E-state index is 0.0174. The maximum absolute atomic E-state index is 10.1. The quantitative estimate of drug-likeness (QED) is 0.654. The third-order valence-corrected chi connectivity index (χ3v) is 4.25. The average molecular weight is 336 g/mol. The monoisotopic (exact) mass is 336 g/mol. The van der Waals surface area contributed by atoms with Crippen molar-refractivity contribution in [2.75, 3.05) is 19.8 Å². The normalized spacial score (nSPS) is 13.7. The lowest BCUT2D eigenvalue weighted by Gasteiger charge is -2.16. The molecule has 0 spiro atoms. The van der Waals surface area contributed by atoms with Crippen molar-refractivity contribution in [3.05, 3.63) is 45.9 Å². The number of hydrogen-bond donors (Lipinski definition) is 3. The highest BCUT2D eigenvalue weighted by atomic mass is 32.1. The van der Waals surface area contributed by atoms with Gasteiger partial charge >= 0.3 is 0 Å². The summed E-state index contributed by atoms with van der Waals surface area (Å²) < 4.78 is 5.34. The van der Waals surface area contributed by atoms with Gasteiger partial charge in [0.15, 0.2) is 0 Å². The molecule has 0 aliphatic rings. The highest BCUT2D eigenvalue weighted by Crippen LogP contribution is 2.16. The van der Waals surface area contributed by atoms with Gasteiger partial charge in [-0.1, -0.05) is 12.1 Å². The molecule has 6 heteroatoms. The Kier molecular flexibility index (Phi) is 6.98. The molecule has 0 saturated heterocycles. The van der Waals surface area contributed by atoms with Crippen molar-refractivity contribution in [3.63, 3.8) is 0 Å². The van der Waals surface area contributed by atoms with Crippen LogP contribution in [0.1, 0.15) is 29.3 Å². The highest BCUT2D eigenvalue weighted by molar-refractivity contribution is 7.09. The van der Waals surface area contributed by atoms with Gasteiger partial charge in [0.25, 0.3) is 0 Å². The highest BCUT2D eigenvalue weighted by Gasteiger charge is 2.12. The van der Waals surface area contributed by atoms with Gasteiger partial charge in [0, 0.05) is 18.0 Å². The summed E-state index contributed by atoms with van der Waals surface area (Å²) >= 11 is 1.55. The Labute approximate surface area is 141 Å². The second-order valence-electron chi connectivity index (χ2n) is 5.54. The molecule has 2 aromatic rings. The minimum Gasteiger partial charge on any atom is -0.491 e. The lowest BCUT2D eigenvalue weighted by molar-refractivity contribution is 0.166. The number of hydrogen-bond acceptors (Lipinski definition) is 6. The summed E-state index contributed by atoms with van der Waals surface area (Å²) in [5.41, 5.74) is 1.93. The average Bonchev–Trinajstić information content (AvgIpc) is 2.98. The van der Waals surface area contributed by atoms with Crippen molar-refractivity contribution < 1.29 is 14.9 Å². The molecule has 126 valence electrons.